The number of aliphatic hydroxyl groups excluding tert-OH is 1. The lowest BCUT2D eigenvalue weighted by atomic mass is 9.71. The van der Waals surface area contributed by atoms with Crippen LogP contribution in [0, 0.1) is 17.8 Å². The Bertz CT molecular complexity index is 300. The van der Waals surface area contributed by atoms with Gasteiger partial charge < -0.3 is 10.4 Å². The molecular formula is C19H35NO. The average Bonchev–Trinajstić information content (AvgIpc) is 2.55. The largest absolute Gasteiger partial charge is 0.393 e. The van der Waals surface area contributed by atoms with E-state index in [1.165, 1.54) is 77.0 Å². The van der Waals surface area contributed by atoms with Crippen LogP contribution >= 0.6 is 0 Å². The second kappa shape index (κ2) is 7.97. The minimum absolute atomic E-state index is 0.0389. The second-order valence-electron chi connectivity index (χ2n) is 7.97. The van der Waals surface area contributed by atoms with Crippen molar-refractivity contribution in [3.05, 3.63) is 0 Å². The van der Waals surface area contributed by atoms with Gasteiger partial charge in [0.1, 0.15) is 0 Å². The Morgan fingerprint density at radius 1 is 0.714 bits per heavy atom. The molecule has 3 rings (SSSR count). The van der Waals surface area contributed by atoms with Gasteiger partial charge in [0.2, 0.25) is 0 Å². The molecule has 0 aromatic carbocycles. The Labute approximate surface area is 131 Å². The van der Waals surface area contributed by atoms with Crippen molar-refractivity contribution in [3.8, 4) is 0 Å². The van der Waals surface area contributed by atoms with Crippen molar-refractivity contribution in [2.45, 2.75) is 95.6 Å². The van der Waals surface area contributed by atoms with Crippen molar-refractivity contribution in [1.29, 1.82) is 0 Å². The zero-order chi connectivity index (χ0) is 14.5. The number of aliphatic hydroxyl groups is 1. The summed E-state index contributed by atoms with van der Waals surface area (Å²) in [5.74, 6) is 2.44. The summed E-state index contributed by atoms with van der Waals surface area (Å²) in [7, 11) is 0. The van der Waals surface area contributed by atoms with Crippen molar-refractivity contribution in [3.63, 3.8) is 0 Å². The van der Waals surface area contributed by atoms with Crippen LogP contribution in [0.4, 0.5) is 0 Å². The maximum Gasteiger partial charge on any atom is 0.0580 e. The molecular weight excluding hydrogens is 258 g/mol. The molecule has 3 saturated carbocycles. The molecule has 4 atom stereocenters. The lowest BCUT2D eigenvalue weighted by Gasteiger charge is -2.40. The van der Waals surface area contributed by atoms with Gasteiger partial charge in [0, 0.05) is 12.6 Å². The highest BCUT2D eigenvalue weighted by Gasteiger charge is 2.33. The van der Waals surface area contributed by atoms with E-state index >= 15 is 0 Å². The number of hydrogen-bond donors (Lipinski definition) is 2. The third-order valence-corrected chi connectivity index (χ3v) is 6.59. The first kappa shape index (κ1) is 15.8. The van der Waals surface area contributed by atoms with E-state index in [2.05, 4.69) is 5.32 Å². The van der Waals surface area contributed by atoms with Gasteiger partial charge >= 0.3 is 0 Å². The zero-order valence-corrected chi connectivity index (χ0v) is 13.7. The van der Waals surface area contributed by atoms with Crippen LogP contribution in [-0.4, -0.2) is 23.8 Å². The van der Waals surface area contributed by atoms with Gasteiger partial charge in [-0.05, 0) is 43.4 Å². The smallest absolute Gasteiger partial charge is 0.0580 e. The third kappa shape index (κ3) is 4.22. The van der Waals surface area contributed by atoms with Crippen molar-refractivity contribution in [2.75, 3.05) is 6.54 Å². The number of rotatable bonds is 4. The Balaban J connectivity index is 1.51. The van der Waals surface area contributed by atoms with Crippen LogP contribution in [0.5, 0.6) is 0 Å². The molecule has 4 unspecified atom stereocenters. The fourth-order valence-corrected chi connectivity index (χ4v) is 5.27. The zero-order valence-electron chi connectivity index (χ0n) is 13.7. The van der Waals surface area contributed by atoms with Crippen LogP contribution in [0.1, 0.15) is 83.5 Å². The van der Waals surface area contributed by atoms with Gasteiger partial charge in [0.25, 0.3) is 0 Å². The van der Waals surface area contributed by atoms with Crippen molar-refractivity contribution >= 4 is 0 Å². The molecule has 2 N–H and O–H groups in total. The summed E-state index contributed by atoms with van der Waals surface area (Å²) in [5, 5.41) is 14.1. The normalized spacial score (nSPS) is 39.3. The second-order valence-corrected chi connectivity index (χ2v) is 7.97. The Hall–Kier alpha value is -0.0800. The summed E-state index contributed by atoms with van der Waals surface area (Å²) in [6, 6.07) is 0.746. The van der Waals surface area contributed by atoms with E-state index < -0.39 is 0 Å². The molecule has 0 bridgehead atoms. The predicted octanol–water partition coefficient (Wildman–Crippen LogP) is 4.27. The maximum absolute atomic E-state index is 10.2. The quantitative estimate of drug-likeness (QED) is 0.811. The number of nitrogens with one attached hydrogen (secondary N) is 1. The van der Waals surface area contributed by atoms with Crippen LogP contribution < -0.4 is 5.32 Å². The van der Waals surface area contributed by atoms with Gasteiger partial charge in [-0.25, -0.2) is 0 Å². The van der Waals surface area contributed by atoms with Gasteiger partial charge in [-0.15, -0.1) is 0 Å². The van der Waals surface area contributed by atoms with E-state index in [1.54, 1.807) is 0 Å². The molecule has 122 valence electrons. The lowest BCUT2D eigenvalue weighted by Crippen LogP contribution is -2.46. The predicted molar refractivity (Wildman–Crippen MR) is 88.3 cm³/mol. The molecule has 3 fully saturated rings. The molecule has 0 saturated heterocycles. The highest BCUT2D eigenvalue weighted by molar-refractivity contribution is 4.88. The molecule has 0 amide bonds. The minimum atomic E-state index is -0.0389. The van der Waals surface area contributed by atoms with Crippen LogP contribution in [0.2, 0.25) is 0 Å². The van der Waals surface area contributed by atoms with Crippen LogP contribution in [0.25, 0.3) is 0 Å². The Morgan fingerprint density at radius 3 is 2.19 bits per heavy atom. The summed E-state index contributed by atoms with van der Waals surface area (Å²) in [6.07, 6.45) is 17.8. The van der Waals surface area contributed by atoms with Gasteiger partial charge in [-0.2, -0.15) is 0 Å². The molecule has 3 aliphatic rings. The van der Waals surface area contributed by atoms with Gasteiger partial charge in [0.15, 0.2) is 0 Å². The first-order chi connectivity index (χ1) is 10.3. The summed E-state index contributed by atoms with van der Waals surface area (Å²) >= 11 is 0. The number of hydrogen-bond acceptors (Lipinski definition) is 2. The Kier molecular flexibility index (Phi) is 5.99. The average molecular weight is 293 g/mol. The van der Waals surface area contributed by atoms with E-state index in [0.29, 0.717) is 5.92 Å². The summed E-state index contributed by atoms with van der Waals surface area (Å²) in [4.78, 5) is 0. The molecule has 2 nitrogen and oxygen atoms in total. The van der Waals surface area contributed by atoms with Crippen LogP contribution in [-0.2, 0) is 0 Å². The summed E-state index contributed by atoms with van der Waals surface area (Å²) < 4.78 is 0. The molecule has 0 aromatic rings. The Morgan fingerprint density at radius 2 is 1.38 bits per heavy atom. The highest BCUT2D eigenvalue weighted by atomic mass is 16.3. The topological polar surface area (TPSA) is 32.3 Å². The van der Waals surface area contributed by atoms with Gasteiger partial charge in [-0.1, -0.05) is 57.8 Å². The first-order valence-electron chi connectivity index (χ1n) is 9.76. The minimum Gasteiger partial charge on any atom is -0.393 e. The van der Waals surface area contributed by atoms with E-state index in [4.69, 9.17) is 0 Å². The van der Waals surface area contributed by atoms with Crippen LogP contribution in [0.15, 0.2) is 0 Å². The molecule has 0 heterocycles. The van der Waals surface area contributed by atoms with E-state index in [9.17, 15) is 5.11 Å². The summed E-state index contributed by atoms with van der Waals surface area (Å²) in [6.45, 7) is 1.06. The lowest BCUT2D eigenvalue weighted by molar-refractivity contribution is 0.0619. The fourth-order valence-electron chi connectivity index (χ4n) is 5.27. The van der Waals surface area contributed by atoms with Crippen LogP contribution in [0.3, 0.4) is 0 Å². The van der Waals surface area contributed by atoms with Crippen molar-refractivity contribution in [1.82, 2.24) is 5.32 Å². The fraction of sp³-hybridized carbons (Fsp3) is 1.00. The molecule has 3 aliphatic carbocycles. The molecule has 21 heavy (non-hydrogen) atoms. The first-order valence-corrected chi connectivity index (χ1v) is 9.76. The van der Waals surface area contributed by atoms with Crippen molar-refractivity contribution in [2.24, 2.45) is 17.8 Å². The summed E-state index contributed by atoms with van der Waals surface area (Å²) in [5.41, 5.74) is 0. The molecule has 2 heteroatoms. The monoisotopic (exact) mass is 293 g/mol. The van der Waals surface area contributed by atoms with E-state index in [0.717, 1.165) is 30.8 Å². The maximum atomic E-state index is 10.2. The van der Waals surface area contributed by atoms with Gasteiger partial charge in [-0.3, -0.25) is 0 Å². The molecule has 0 radical (unpaired) electrons. The molecule has 0 aliphatic heterocycles. The van der Waals surface area contributed by atoms with Gasteiger partial charge in [0.05, 0.1) is 6.10 Å². The standard InChI is InChI=1S/C19H35NO/c21-19-13-7-4-10-16(19)14-20-18-12-6-5-11-17(18)15-8-2-1-3-9-15/h15-21H,1-14H2. The SMILES string of the molecule is OC1CCCCC1CNC1CCCCC1C1CCCCC1. The van der Waals surface area contributed by atoms with E-state index in [1.807, 2.05) is 0 Å². The molecule has 0 aromatic heterocycles. The van der Waals surface area contributed by atoms with Crippen molar-refractivity contribution < 1.29 is 5.11 Å². The van der Waals surface area contributed by atoms with E-state index in [-0.39, 0.29) is 6.10 Å². The third-order valence-electron chi connectivity index (χ3n) is 6.59. The molecule has 0 spiro atoms. The highest BCUT2D eigenvalue weighted by Crippen LogP contribution is 2.38.